The van der Waals surface area contributed by atoms with Crippen molar-refractivity contribution in [3.63, 3.8) is 0 Å². The zero-order valence-corrected chi connectivity index (χ0v) is 13.6. The Morgan fingerprint density at radius 1 is 1.23 bits per heavy atom. The number of rotatable bonds is 2. The lowest BCUT2D eigenvalue weighted by atomic mass is 9.67. The van der Waals surface area contributed by atoms with E-state index in [1.807, 2.05) is 31.2 Å². The van der Waals surface area contributed by atoms with Crippen LogP contribution in [0.2, 0.25) is 0 Å². The van der Waals surface area contributed by atoms with Gasteiger partial charge in [-0.15, -0.1) is 0 Å². The van der Waals surface area contributed by atoms with Gasteiger partial charge in [0.05, 0.1) is 6.54 Å². The van der Waals surface area contributed by atoms with Crippen molar-refractivity contribution in [2.45, 2.75) is 52.1 Å². The topological polar surface area (TPSA) is 49.4 Å². The average Bonchev–Trinajstić information content (AvgIpc) is 2.71. The molecule has 1 heterocycles. The van der Waals surface area contributed by atoms with Gasteiger partial charge in [-0.1, -0.05) is 50.1 Å². The van der Waals surface area contributed by atoms with E-state index in [1.165, 1.54) is 4.90 Å². The number of benzene rings is 1. The van der Waals surface area contributed by atoms with Gasteiger partial charge in [0.25, 0.3) is 5.91 Å². The fraction of sp³-hybridized carbons (Fsp3) is 0.556. The Balaban J connectivity index is 1.88. The van der Waals surface area contributed by atoms with Gasteiger partial charge in [-0.3, -0.25) is 9.69 Å². The molecule has 1 N–H and O–H groups in total. The zero-order chi connectivity index (χ0) is 15.9. The molecule has 22 heavy (non-hydrogen) atoms. The van der Waals surface area contributed by atoms with Gasteiger partial charge in [-0.25, -0.2) is 4.79 Å². The Bertz CT molecular complexity index is 601. The van der Waals surface area contributed by atoms with Crippen LogP contribution in [0, 0.1) is 18.8 Å². The molecule has 1 aromatic carbocycles. The summed E-state index contributed by atoms with van der Waals surface area (Å²) in [6, 6.07) is 7.73. The van der Waals surface area contributed by atoms with E-state index in [0.717, 1.165) is 30.4 Å². The highest BCUT2D eigenvalue weighted by atomic mass is 16.2. The number of imide groups is 1. The second-order valence-corrected chi connectivity index (χ2v) is 6.91. The highest BCUT2D eigenvalue weighted by Crippen LogP contribution is 2.42. The van der Waals surface area contributed by atoms with Crippen molar-refractivity contribution < 1.29 is 9.59 Å². The van der Waals surface area contributed by atoms with Crippen molar-refractivity contribution in [2.75, 3.05) is 0 Å². The van der Waals surface area contributed by atoms with Crippen LogP contribution >= 0.6 is 0 Å². The Morgan fingerprint density at radius 2 is 1.91 bits per heavy atom. The standard InChI is InChI=1S/C18H24N2O2/c1-12-6-4-9-15(10-12)11-20-16(21)18(19-17(20)22)13(2)7-5-8-14(18)3/h4,6,9-10,13-14H,5,7-8,11H2,1-3H3,(H,19,22). The molecule has 2 atom stereocenters. The molecule has 3 amide bonds. The van der Waals surface area contributed by atoms with E-state index >= 15 is 0 Å². The molecular formula is C18H24N2O2. The van der Waals surface area contributed by atoms with E-state index in [0.29, 0.717) is 6.54 Å². The first-order valence-corrected chi connectivity index (χ1v) is 8.15. The number of aryl methyl sites for hydroxylation is 1. The Labute approximate surface area is 131 Å². The van der Waals surface area contributed by atoms with Gasteiger partial charge in [-0.2, -0.15) is 0 Å². The number of carbonyl (C=O) groups excluding carboxylic acids is 2. The molecule has 4 heteroatoms. The van der Waals surface area contributed by atoms with E-state index in [2.05, 4.69) is 19.2 Å². The van der Waals surface area contributed by atoms with Gasteiger partial charge in [-0.05, 0) is 37.2 Å². The molecule has 3 rings (SSSR count). The molecule has 1 spiro atoms. The first-order valence-electron chi connectivity index (χ1n) is 8.15. The molecule has 2 fully saturated rings. The third-order valence-corrected chi connectivity index (χ3v) is 5.41. The Kier molecular flexibility index (Phi) is 3.71. The van der Waals surface area contributed by atoms with Gasteiger partial charge in [0.2, 0.25) is 0 Å². The van der Waals surface area contributed by atoms with Crippen LogP contribution in [-0.2, 0) is 11.3 Å². The van der Waals surface area contributed by atoms with Gasteiger partial charge in [0.1, 0.15) is 5.54 Å². The van der Waals surface area contributed by atoms with Crippen molar-refractivity contribution in [3.8, 4) is 0 Å². The summed E-state index contributed by atoms with van der Waals surface area (Å²) in [6.07, 6.45) is 3.12. The van der Waals surface area contributed by atoms with E-state index in [9.17, 15) is 9.59 Å². The van der Waals surface area contributed by atoms with Crippen molar-refractivity contribution in [3.05, 3.63) is 35.4 Å². The normalized spacial score (nSPS) is 31.7. The molecule has 0 aromatic heterocycles. The predicted molar refractivity (Wildman–Crippen MR) is 85.2 cm³/mol. The molecule has 1 aromatic rings. The molecule has 1 saturated carbocycles. The smallest absolute Gasteiger partial charge is 0.323 e. The molecule has 1 aliphatic heterocycles. The fourth-order valence-electron chi connectivity index (χ4n) is 4.09. The maximum absolute atomic E-state index is 13.0. The number of amides is 3. The summed E-state index contributed by atoms with van der Waals surface area (Å²) in [5.41, 5.74) is 1.44. The number of hydrogen-bond donors (Lipinski definition) is 1. The summed E-state index contributed by atoms with van der Waals surface area (Å²) in [5, 5.41) is 3.04. The lowest BCUT2D eigenvalue weighted by molar-refractivity contribution is -0.136. The number of nitrogens with zero attached hydrogens (tertiary/aromatic N) is 1. The van der Waals surface area contributed by atoms with Crippen LogP contribution < -0.4 is 5.32 Å². The quantitative estimate of drug-likeness (QED) is 0.852. The van der Waals surface area contributed by atoms with Gasteiger partial charge in [0.15, 0.2) is 0 Å². The number of urea groups is 1. The molecule has 118 valence electrons. The average molecular weight is 300 g/mol. The van der Waals surface area contributed by atoms with E-state index in [-0.39, 0.29) is 23.8 Å². The summed E-state index contributed by atoms with van der Waals surface area (Å²) in [4.78, 5) is 26.9. The maximum Gasteiger partial charge on any atom is 0.325 e. The minimum atomic E-state index is -0.695. The van der Waals surface area contributed by atoms with Crippen molar-refractivity contribution in [2.24, 2.45) is 11.8 Å². The molecule has 0 bridgehead atoms. The lowest BCUT2D eigenvalue weighted by Gasteiger charge is -2.42. The fourth-order valence-corrected chi connectivity index (χ4v) is 4.09. The zero-order valence-electron chi connectivity index (χ0n) is 13.6. The predicted octanol–water partition coefficient (Wildman–Crippen LogP) is 3.24. The second-order valence-electron chi connectivity index (χ2n) is 6.91. The largest absolute Gasteiger partial charge is 0.325 e. The summed E-state index contributed by atoms with van der Waals surface area (Å²) >= 11 is 0. The SMILES string of the molecule is Cc1cccc(CN2C(=O)NC3(C2=O)C(C)CCCC3C)c1. The third kappa shape index (κ3) is 2.21. The van der Waals surface area contributed by atoms with E-state index in [1.54, 1.807) is 0 Å². The monoisotopic (exact) mass is 300 g/mol. The van der Waals surface area contributed by atoms with Crippen LogP contribution in [0.3, 0.4) is 0 Å². The Hall–Kier alpha value is -1.84. The van der Waals surface area contributed by atoms with Gasteiger partial charge < -0.3 is 5.32 Å². The maximum atomic E-state index is 13.0. The van der Waals surface area contributed by atoms with Crippen LogP contribution in [0.1, 0.15) is 44.2 Å². The van der Waals surface area contributed by atoms with Crippen LogP contribution in [0.15, 0.2) is 24.3 Å². The van der Waals surface area contributed by atoms with Gasteiger partial charge >= 0.3 is 6.03 Å². The van der Waals surface area contributed by atoms with Crippen LogP contribution in [0.5, 0.6) is 0 Å². The van der Waals surface area contributed by atoms with Crippen LogP contribution in [0.25, 0.3) is 0 Å². The summed E-state index contributed by atoms with van der Waals surface area (Å²) in [7, 11) is 0. The third-order valence-electron chi connectivity index (χ3n) is 5.41. The molecule has 2 unspecified atom stereocenters. The first kappa shape index (κ1) is 15.1. The van der Waals surface area contributed by atoms with Crippen molar-refractivity contribution in [1.29, 1.82) is 0 Å². The molecular weight excluding hydrogens is 276 g/mol. The summed E-state index contributed by atoms with van der Waals surface area (Å²) in [6.45, 7) is 6.55. The second kappa shape index (κ2) is 5.41. The van der Waals surface area contributed by atoms with Gasteiger partial charge in [0, 0.05) is 0 Å². The molecule has 1 aliphatic carbocycles. The highest BCUT2D eigenvalue weighted by molar-refractivity contribution is 6.07. The lowest BCUT2D eigenvalue weighted by Crippen LogP contribution is -2.58. The molecule has 0 radical (unpaired) electrons. The minimum absolute atomic E-state index is 0.0429. The summed E-state index contributed by atoms with van der Waals surface area (Å²) < 4.78 is 0. The molecule has 1 saturated heterocycles. The number of nitrogens with one attached hydrogen (secondary N) is 1. The number of hydrogen-bond acceptors (Lipinski definition) is 2. The Morgan fingerprint density at radius 3 is 2.55 bits per heavy atom. The van der Waals surface area contributed by atoms with Crippen LogP contribution in [-0.4, -0.2) is 22.4 Å². The minimum Gasteiger partial charge on any atom is -0.323 e. The van der Waals surface area contributed by atoms with Crippen molar-refractivity contribution in [1.82, 2.24) is 10.2 Å². The van der Waals surface area contributed by atoms with E-state index in [4.69, 9.17) is 0 Å². The van der Waals surface area contributed by atoms with E-state index < -0.39 is 5.54 Å². The summed E-state index contributed by atoms with van der Waals surface area (Å²) in [5.74, 6) is 0.337. The van der Waals surface area contributed by atoms with Crippen molar-refractivity contribution >= 4 is 11.9 Å². The highest BCUT2D eigenvalue weighted by Gasteiger charge is 2.58. The first-order chi connectivity index (χ1) is 10.4. The molecule has 2 aliphatic rings. The number of carbonyl (C=O) groups is 2. The molecule has 4 nitrogen and oxygen atoms in total. The van der Waals surface area contributed by atoms with Crippen LogP contribution in [0.4, 0.5) is 4.79 Å².